The Kier molecular flexibility index (Phi) is 7.98. The molecule has 1 spiro atoms. The molecule has 0 bridgehead atoms. The highest BCUT2D eigenvalue weighted by molar-refractivity contribution is 5.97. The fourth-order valence-corrected chi connectivity index (χ4v) is 12.3. The summed E-state index contributed by atoms with van der Waals surface area (Å²) in [5.41, 5.74) is 0.731. The van der Waals surface area contributed by atoms with E-state index in [1.807, 2.05) is 0 Å². The monoisotopic (exact) mass is 597 g/mol. The van der Waals surface area contributed by atoms with Crippen molar-refractivity contribution in [1.82, 2.24) is 15.5 Å². The molecule has 3 aliphatic heterocycles. The van der Waals surface area contributed by atoms with Crippen LogP contribution in [0.1, 0.15) is 111 Å². The van der Waals surface area contributed by atoms with Crippen molar-refractivity contribution in [3.63, 3.8) is 0 Å². The summed E-state index contributed by atoms with van der Waals surface area (Å²) in [5.74, 6) is 4.24. The molecule has 242 valence electrons. The molecule has 2 amide bonds. The van der Waals surface area contributed by atoms with Crippen LogP contribution in [0.15, 0.2) is 0 Å². The molecule has 7 nitrogen and oxygen atoms in total. The highest BCUT2D eigenvalue weighted by atomic mass is 16.7. The van der Waals surface area contributed by atoms with Gasteiger partial charge in [0.15, 0.2) is 5.79 Å². The zero-order chi connectivity index (χ0) is 30.1. The van der Waals surface area contributed by atoms with Crippen LogP contribution < -0.4 is 10.6 Å². The maximum absolute atomic E-state index is 12.9. The summed E-state index contributed by atoms with van der Waals surface area (Å²) in [6, 6.07) is 0.417. The van der Waals surface area contributed by atoms with Crippen molar-refractivity contribution in [3.8, 4) is 0 Å². The minimum atomic E-state index is -0.327. The van der Waals surface area contributed by atoms with Crippen LogP contribution >= 0.6 is 0 Å². The van der Waals surface area contributed by atoms with Gasteiger partial charge in [-0.25, -0.2) is 0 Å². The van der Waals surface area contributed by atoms with Gasteiger partial charge in [-0.3, -0.25) is 9.59 Å². The molecule has 7 fully saturated rings. The largest absolute Gasteiger partial charge is 0.353 e. The number of carbonyl (C=O) groups is 2. The molecular formula is C36H59N3O4. The van der Waals surface area contributed by atoms with Gasteiger partial charge in [0.2, 0.25) is 11.8 Å². The van der Waals surface area contributed by atoms with Gasteiger partial charge in [0.1, 0.15) is 6.42 Å². The van der Waals surface area contributed by atoms with E-state index in [9.17, 15) is 9.59 Å². The molecule has 0 radical (unpaired) electrons. The lowest BCUT2D eigenvalue weighted by molar-refractivity contribution is -0.273. The zero-order valence-corrected chi connectivity index (χ0v) is 27.7. The predicted molar refractivity (Wildman–Crippen MR) is 167 cm³/mol. The average molecular weight is 598 g/mol. The van der Waals surface area contributed by atoms with E-state index in [-0.39, 0.29) is 36.1 Å². The van der Waals surface area contributed by atoms with E-state index in [0.717, 1.165) is 69.6 Å². The van der Waals surface area contributed by atoms with Crippen molar-refractivity contribution < 1.29 is 19.1 Å². The number of ether oxygens (including phenoxy) is 2. The van der Waals surface area contributed by atoms with Gasteiger partial charge in [0.05, 0.1) is 12.7 Å². The molecule has 4 saturated carbocycles. The van der Waals surface area contributed by atoms with Crippen molar-refractivity contribution >= 4 is 11.8 Å². The second kappa shape index (κ2) is 11.3. The lowest BCUT2D eigenvalue weighted by Gasteiger charge is -2.61. The number of piperidine rings is 1. The number of carbonyl (C=O) groups excluding carboxylic acids is 2. The van der Waals surface area contributed by atoms with E-state index in [1.165, 1.54) is 44.9 Å². The number of hydrogen-bond donors (Lipinski definition) is 2. The Bertz CT molecular complexity index is 1070. The molecular weight excluding hydrogens is 538 g/mol. The number of likely N-dealkylation sites (tertiary alicyclic amines) is 1. The maximum atomic E-state index is 12.9. The zero-order valence-electron chi connectivity index (χ0n) is 27.7. The third kappa shape index (κ3) is 5.19. The lowest BCUT2D eigenvalue weighted by Crippen LogP contribution is -2.56. The van der Waals surface area contributed by atoms with Crippen LogP contribution in [0.4, 0.5) is 0 Å². The molecule has 0 aromatic carbocycles. The molecule has 12 atom stereocenters. The van der Waals surface area contributed by atoms with E-state index in [4.69, 9.17) is 9.47 Å². The van der Waals surface area contributed by atoms with Crippen molar-refractivity contribution in [2.45, 2.75) is 135 Å². The normalized spacial score (nSPS) is 49.9. The fraction of sp³-hybridized carbons (Fsp3) is 0.944. The van der Waals surface area contributed by atoms with Crippen LogP contribution in [0, 0.1) is 52.3 Å². The number of nitrogens with zero attached hydrogens (tertiary/aromatic N) is 1. The standard InChI is InChI=1S/C36H59N3O4/c1-22-8-15-36(42-21-22)23(2)33-30(43-36)19-29-27-7-6-24-18-26(9-13-34(24,3)28(27)10-14-35(29,33)4)38-32(41)20-31(40)37-25-11-16-39(5)17-12-25/h22-30,33H,6-21H2,1-5H3,(H,37,40)(H,38,41)/t22-,23-,24+,26+,27+,28-,29-,30-,33-,34-,35-,36+/m0/s1. The first-order chi connectivity index (χ1) is 20.5. The lowest BCUT2D eigenvalue weighted by atomic mass is 9.44. The van der Waals surface area contributed by atoms with Gasteiger partial charge >= 0.3 is 0 Å². The summed E-state index contributed by atoms with van der Waals surface area (Å²) in [7, 11) is 2.12. The number of nitrogens with one attached hydrogen (secondary N) is 2. The minimum Gasteiger partial charge on any atom is -0.353 e. The van der Waals surface area contributed by atoms with Gasteiger partial charge in [-0.1, -0.05) is 27.7 Å². The molecule has 7 heteroatoms. The summed E-state index contributed by atoms with van der Waals surface area (Å²) >= 11 is 0. The minimum absolute atomic E-state index is 0.0378. The van der Waals surface area contributed by atoms with E-state index in [1.54, 1.807) is 0 Å². The maximum Gasteiger partial charge on any atom is 0.229 e. The van der Waals surface area contributed by atoms with Gasteiger partial charge in [-0.15, -0.1) is 0 Å². The highest BCUT2D eigenvalue weighted by Gasteiger charge is 2.69. The Labute approximate surface area is 260 Å². The Morgan fingerprint density at radius 2 is 1.53 bits per heavy atom. The predicted octanol–water partition coefficient (Wildman–Crippen LogP) is 5.52. The number of hydrogen-bond acceptors (Lipinski definition) is 5. The summed E-state index contributed by atoms with van der Waals surface area (Å²) < 4.78 is 13.5. The van der Waals surface area contributed by atoms with Crippen molar-refractivity contribution in [2.75, 3.05) is 26.7 Å². The van der Waals surface area contributed by atoms with Crippen LogP contribution in [0.25, 0.3) is 0 Å². The molecule has 7 aliphatic rings. The van der Waals surface area contributed by atoms with E-state index < -0.39 is 0 Å². The molecule has 7 rings (SSSR count). The SMILES string of the molecule is C[C@H]1CC[C@@]2(OC1)O[C@H]1C[C@H]3[C@@H]4CC[C@@H]5C[C@H](NC(=O)CC(=O)NC6CCN(C)CC6)CC[C@]5(C)[C@H]4CC[C@]3(C)[C@H]1[C@@H]2C. The van der Waals surface area contributed by atoms with E-state index in [2.05, 4.69) is 50.3 Å². The van der Waals surface area contributed by atoms with Crippen LogP contribution in [-0.2, 0) is 19.1 Å². The first-order valence-electron chi connectivity index (χ1n) is 18.1. The quantitative estimate of drug-likeness (QED) is 0.418. The first-order valence-corrected chi connectivity index (χ1v) is 18.1. The number of fused-ring (bicyclic) bond motifs is 7. The van der Waals surface area contributed by atoms with Crippen LogP contribution in [0.5, 0.6) is 0 Å². The van der Waals surface area contributed by atoms with E-state index in [0.29, 0.717) is 40.6 Å². The van der Waals surface area contributed by atoms with Gasteiger partial charge in [-0.2, -0.15) is 0 Å². The van der Waals surface area contributed by atoms with Gasteiger partial charge in [0, 0.05) is 24.4 Å². The highest BCUT2D eigenvalue weighted by Crippen LogP contribution is 2.71. The Morgan fingerprint density at radius 3 is 2.26 bits per heavy atom. The van der Waals surface area contributed by atoms with Crippen LogP contribution in [0.2, 0.25) is 0 Å². The topological polar surface area (TPSA) is 79.9 Å². The Morgan fingerprint density at radius 1 is 0.814 bits per heavy atom. The van der Waals surface area contributed by atoms with E-state index >= 15 is 0 Å². The Hall–Kier alpha value is -1.18. The first kappa shape index (κ1) is 30.5. The number of amides is 2. The molecule has 0 aromatic rings. The van der Waals surface area contributed by atoms with Crippen LogP contribution in [0.3, 0.4) is 0 Å². The molecule has 3 saturated heterocycles. The molecule has 0 unspecified atom stereocenters. The summed E-state index contributed by atoms with van der Waals surface area (Å²) in [6.45, 7) is 12.8. The molecule has 2 N–H and O–H groups in total. The molecule has 4 aliphatic carbocycles. The Balaban J connectivity index is 0.948. The van der Waals surface area contributed by atoms with Gasteiger partial charge in [0.25, 0.3) is 0 Å². The van der Waals surface area contributed by atoms with Crippen LogP contribution in [-0.4, -0.2) is 67.4 Å². The van der Waals surface area contributed by atoms with Gasteiger partial charge in [-0.05, 0) is 137 Å². The summed E-state index contributed by atoms with van der Waals surface area (Å²) in [5, 5.41) is 6.39. The molecule has 3 heterocycles. The van der Waals surface area contributed by atoms with Gasteiger partial charge < -0.3 is 25.0 Å². The molecule has 0 aromatic heterocycles. The summed E-state index contributed by atoms with van der Waals surface area (Å²) in [4.78, 5) is 27.8. The van der Waals surface area contributed by atoms with Crippen molar-refractivity contribution in [1.29, 1.82) is 0 Å². The third-order valence-electron chi connectivity index (χ3n) is 14.7. The molecule has 43 heavy (non-hydrogen) atoms. The fourth-order valence-electron chi connectivity index (χ4n) is 12.3. The third-order valence-corrected chi connectivity index (χ3v) is 14.7. The van der Waals surface area contributed by atoms with Crippen molar-refractivity contribution in [2.24, 2.45) is 52.3 Å². The average Bonchev–Trinajstić information content (AvgIpc) is 3.41. The second-order valence-corrected chi connectivity index (χ2v) is 17.0. The smallest absolute Gasteiger partial charge is 0.229 e. The summed E-state index contributed by atoms with van der Waals surface area (Å²) in [6.07, 6.45) is 14.4. The number of rotatable bonds is 4. The second-order valence-electron chi connectivity index (χ2n) is 17.0. The van der Waals surface area contributed by atoms with Crippen molar-refractivity contribution in [3.05, 3.63) is 0 Å².